The smallest absolute Gasteiger partial charge is 0.253 e. The Morgan fingerprint density at radius 3 is 2.46 bits per heavy atom. The first-order chi connectivity index (χ1) is 11.5. The number of likely N-dealkylation sites (tertiary alicyclic amines) is 1. The van der Waals surface area contributed by atoms with Crippen LogP contribution >= 0.6 is 0 Å². The summed E-state index contributed by atoms with van der Waals surface area (Å²) in [7, 11) is 3.73. The van der Waals surface area contributed by atoms with Gasteiger partial charge in [0.15, 0.2) is 0 Å². The van der Waals surface area contributed by atoms with Crippen LogP contribution in [0.3, 0.4) is 0 Å². The van der Waals surface area contributed by atoms with Gasteiger partial charge in [-0.1, -0.05) is 0 Å². The van der Waals surface area contributed by atoms with Gasteiger partial charge in [0, 0.05) is 44.8 Å². The van der Waals surface area contributed by atoms with Gasteiger partial charge in [0.1, 0.15) is 5.75 Å². The zero-order valence-corrected chi connectivity index (χ0v) is 14.6. The molecular weight excluding hydrogens is 306 g/mol. The van der Waals surface area contributed by atoms with Crippen LogP contribution in [0.1, 0.15) is 16.8 Å². The van der Waals surface area contributed by atoms with Gasteiger partial charge in [0.05, 0.1) is 19.3 Å². The van der Waals surface area contributed by atoms with Crippen molar-refractivity contribution >= 4 is 5.91 Å². The zero-order valence-electron chi connectivity index (χ0n) is 14.6. The number of rotatable bonds is 4. The number of hydrogen-bond acceptors (Lipinski definition) is 5. The Morgan fingerprint density at radius 2 is 1.83 bits per heavy atom. The number of amides is 1. The summed E-state index contributed by atoms with van der Waals surface area (Å²) in [5.74, 6) is 0.714. The second-order valence-corrected chi connectivity index (χ2v) is 7.01. The second kappa shape index (κ2) is 7.09. The molecule has 0 radical (unpaired) electrons. The molecule has 2 saturated heterocycles. The van der Waals surface area contributed by atoms with Gasteiger partial charge in [0.2, 0.25) is 0 Å². The van der Waals surface area contributed by atoms with Gasteiger partial charge in [-0.15, -0.1) is 0 Å². The van der Waals surface area contributed by atoms with E-state index in [2.05, 4.69) is 16.8 Å². The van der Waals surface area contributed by atoms with Gasteiger partial charge in [-0.2, -0.15) is 0 Å². The third-order valence-electron chi connectivity index (χ3n) is 5.07. The van der Waals surface area contributed by atoms with Crippen molar-refractivity contribution in [2.75, 3.05) is 60.0 Å². The molecule has 1 aromatic rings. The SMILES string of the molecule is COc1ccc(C(=O)N2CCC(O)(CN3CCN(C)CC3)C2)cc1. The van der Waals surface area contributed by atoms with Crippen LogP contribution < -0.4 is 4.74 Å². The van der Waals surface area contributed by atoms with Crippen molar-refractivity contribution in [1.82, 2.24) is 14.7 Å². The minimum Gasteiger partial charge on any atom is -0.497 e. The van der Waals surface area contributed by atoms with Gasteiger partial charge in [-0.05, 0) is 37.7 Å². The highest BCUT2D eigenvalue weighted by atomic mass is 16.5. The van der Waals surface area contributed by atoms with Gasteiger partial charge in [-0.3, -0.25) is 9.69 Å². The maximum Gasteiger partial charge on any atom is 0.253 e. The first-order valence-electron chi connectivity index (χ1n) is 8.56. The molecule has 2 aliphatic rings. The van der Waals surface area contributed by atoms with E-state index in [4.69, 9.17) is 4.74 Å². The molecule has 6 nitrogen and oxygen atoms in total. The molecule has 1 N–H and O–H groups in total. The van der Waals surface area contributed by atoms with Crippen molar-refractivity contribution in [2.24, 2.45) is 0 Å². The van der Waals surface area contributed by atoms with E-state index >= 15 is 0 Å². The number of likely N-dealkylation sites (N-methyl/N-ethyl adjacent to an activating group) is 1. The Morgan fingerprint density at radius 1 is 1.17 bits per heavy atom. The average Bonchev–Trinajstić information content (AvgIpc) is 2.98. The van der Waals surface area contributed by atoms with Gasteiger partial charge < -0.3 is 19.6 Å². The Balaban J connectivity index is 1.58. The fourth-order valence-corrected chi connectivity index (χ4v) is 3.50. The molecule has 1 amide bonds. The van der Waals surface area contributed by atoms with E-state index < -0.39 is 5.60 Å². The molecule has 1 atom stereocenters. The Hall–Kier alpha value is -1.63. The molecule has 2 aliphatic heterocycles. The minimum absolute atomic E-state index is 0.0213. The third kappa shape index (κ3) is 3.88. The molecule has 0 bridgehead atoms. The molecule has 2 heterocycles. The maximum atomic E-state index is 12.6. The quantitative estimate of drug-likeness (QED) is 0.871. The topological polar surface area (TPSA) is 56.2 Å². The molecule has 0 saturated carbocycles. The summed E-state index contributed by atoms with van der Waals surface area (Å²) < 4.78 is 5.13. The molecule has 132 valence electrons. The van der Waals surface area contributed by atoms with Gasteiger partial charge in [-0.25, -0.2) is 0 Å². The highest BCUT2D eigenvalue weighted by Crippen LogP contribution is 2.25. The fourth-order valence-electron chi connectivity index (χ4n) is 3.50. The molecular formula is C18H27N3O3. The Bertz CT molecular complexity index is 569. The molecule has 0 aromatic heterocycles. The third-order valence-corrected chi connectivity index (χ3v) is 5.07. The zero-order chi connectivity index (χ0) is 17.2. The first-order valence-corrected chi connectivity index (χ1v) is 8.56. The molecule has 1 aromatic carbocycles. The van der Waals surface area contributed by atoms with Gasteiger partial charge >= 0.3 is 0 Å². The summed E-state index contributed by atoms with van der Waals surface area (Å²) in [6, 6.07) is 7.14. The lowest BCUT2D eigenvalue weighted by Gasteiger charge is -2.36. The number of carbonyl (C=O) groups is 1. The molecule has 24 heavy (non-hydrogen) atoms. The summed E-state index contributed by atoms with van der Waals surface area (Å²) >= 11 is 0. The Labute approximate surface area is 143 Å². The average molecular weight is 333 g/mol. The van der Waals surface area contributed by atoms with Crippen molar-refractivity contribution in [3.05, 3.63) is 29.8 Å². The van der Waals surface area contributed by atoms with Crippen LogP contribution in [0, 0.1) is 0 Å². The summed E-state index contributed by atoms with van der Waals surface area (Å²) in [5.41, 5.74) is -0.155. The Kier molecular flexibility index (Phi) is 5.08. The van der Waals surface area contributed by atoms with Crippen LogP contribution in [0.2, 0.25) is 0 Å². The molecule has 6 heteroatoms. The van der Waals surface area contributed by atoms with Crippen LogP contribution in [-0.4, -0.2) is 91.3 Å². The molecule has 3 rings (SSSR count). The van der Waals surface area contributed by atoms with E-state index in [-0.39, 0.29) is 5.91 Å². The number of nitrogens with zero attached hydrogens (tertiary/aromatic N) is 3. The number of β-amino-alcohol motifs (C(OH)–C–C–N with tert-alkyl or cyclic N) is 1. The van der Waals surface area contributed by atoms with Crippen molar-refractivity contribution in [3.63, 3.8) is 0 Å². The molecule has 0 aliphatic carbocycles. The number of aliphatic hydroxyl groups is 1. The predicted molar refractivity (Wildman–Crippen MR) is 92.4 cm³/mol. The predicted octanol–water partition coefficient (Wildman–Crippen LogP) is 0.520. The second-order valence-electron chi connectivity index (χ2n) is 7.01. The minimum atomic E-state index is -0.794. The van der Waals surface area contributed by atoms with Crippen molar-refractivity contribution in [1.29, 1.82) is 0 Å². The number of carbonyl (C=O) groups excluding carboxylic acids is 1. The molecule has 1 unspecified atom stereocenters. The van der Waals surface area contributed by atoms with E-state index in [0.29, 0.717) is 31.6 Å². The van der Waals surface area contributed by atoms with E-state index in [1.807, 2.05) is 0 Å². The lowest BCUT2D eigenvalue weighted by molar-refractivity contribution is 0.000525. The summed E-state index contributed by atoms with van der Waals surface area (Å²) in [5, 5.41) is 10.9. The number of hydrogen-bond donors (Lipinski definition) is 1. The number of benzene rings is 1. The van der Waals surface area contributed by atoms with Crippen LogP contribution in [0.5, 0.6) is 5.75 Å². The molecule has 2 fully saturated rings. The van der Waals surface area contributed by atoms with Crippen LogP contribution in [0.25, 0.3) is 0 Å². The monoisotopic (exact) mass is 333 g/mol. The highest BCUT2D eigenvalue weighted by molar-refractivity contribution is 5.94. The molecule has 0 spiro atoms. The largest absolute Gasteiger partial charge is 0.497 e. The van der Waals surface area contributed by atoms with Crippen LogP contribution in [-0.2, 0) is 0 Å². The normalized spacial score (nSPS) is 25.9. The van der Waals surface area contributed by atoms with Crippen LogP contribution in [0.15, 0.2) is 24.3 Å². The van der Waals surface area contributed by atoms with Crippen LogP contribution in [0.4, 0.5) is 0 Å². The van der Waals surface area contributed by atoms with E-state index in [1.54, 1.807) is 36.3 Å². The van der Waals surface area contributed by atoms with E-state index in [9.17, 15) is 9.90 Å². The first kappa shape index (κ1) is 17.2. The number of piperazine rings is 1. The maximum absolute atomic E-state index is 12.6. The highest BCUT2D eigenvalue weighted by Gasteiger charge is 2.40. The van der Waals surface area contributed by atoms with Crippen molar-refractivity contribution in [3.8, 4) is 5.75 Å². The summed E-state index contributed by atoms with van der Waals surface area (Å²) in [6.45, 7) is 5.68. The lowest BCUT2D eigenvalue weighted by atomic mass is 10.0. The van der Waals surface area contributed by atoms with Crippen molar-refractivity contribution in [2.45, 2.75) is 12.0 Å². The lowest BCUT2D eigenvalue weighted by Crippen LogP contribution is -2.52. The van der Waals surface area contributed by atoms with E-state index in [0.717, 1.165) is 31.9 Å². The number of methoxy groups -OCH3 is 1. The summed E-state index contributed by atoms with van der Waals surface area (Å²) in [4.78, 5) is 19.0. The number of ether oxygens (including phenoxy) is 1. The van der Waals surface area contributed by atoms with Gasteiger partial charge in [0.25, 0.3) is 5.91 Å². The van der Waals surface area contributed by atoms with E-state index in [1.165, 1.54) is 0 Å². The van der Waals surface area contributed by atoms with Crippen molar-refractivity contribution < 1.29 is 14.6 Å². The summed E-state index contributed by atoms with van der Waals surface area (Å²) in [6.07, 6.45) is 0.640. The fraction of sp³-hybridized carbons (Fsp3) is 0.611. The standard InChI is InChI=1S/C18H27N3O3/c1-19-9-11-20(12-10-19)13-18(23)7-8-21(14-18)17(22)15-3-5-16(24-2)6-4-15/h3-6,23H,7-14H2,1-2H3.